The predicted molar refractivity (Wildman–Crippen MR) is 73.6 cm³/mol. The average molecular weight is 326 g/mol. The zero-order valence-electron chi connectivity index (χ0n) is 10.6. The normalized spacial score (nSPS) is 16.9. The zero-order valence-corrected chi connectivity index (χ0v) is 12.1. The second-order valence-electron chi connectivity index (χ2n) is 4.85. The Hall–Kier alpha value is -1.14. The quantitative estimate of drug-likeness (QED) is 0.936. The lowest BCUT2D eigenvalue weighted by Gasteiger charge is -2.21. The molecule has 0 aromatic carbocycles. The van der Waals surface area contributed by atoms with Crippen LogP contribution in [0.15, 0.2) is 25.7 Å². The van der Waals surface area contributed by atoms with Crippen molar-refractivity contribution in [3.05, 3.63) is 22.7 Å². The number of hydrogen-bond donors (Lipinski definition) is 1. The van der Waals surface area contributed by atoms with Crippen molar-refractivity contribution in [3.63, 3.8) is 0 Å². The van der Waals surface area contributed by atoms with Crippen LogP contribution >= 0.6 is 15.9 Å². The largest absolute Gasteiger partial charge is 0.446 e. The second kappa shape index (κ2) is 5.88. The van der Waals surface area contributed by atoms with Crippen LogP contribution in [0.3, 0.4) is 0 Å². The molecule has 0 spiro atoms. The Bertz CT molecular complexity index is 531. The Morgan fingerprint density at radius 3 is 2.89 bits per heavy atom. The summed E-state index contributed by atoms with van der Waals surface area (Å²) < 4.78 is 11.3. The summed E-state index contributed by atoms with van der Waals surface area (Å²) in [6.07, 6.45) is 4.45. The summed E-state index contributed by atoms with van der Waals surface area (Å²) >= 11 is 3.26. The van der Waals surface area contributed by atoms with E-state index in [1.807, 2.05) is 12.1 Å². The first kappa shape index (κ1) is 12.9. The van der Waals surface area contributed by atoms with Crippen LogP contribution in [0.5, 0.6) is 0 Å². The molecule has 3 heterocycles. The topological polar surface area (TPSA) is 64.1 Å². The average Bonchev–Trinajstić information content (AvgIpc) is 3.06. The monoisotopic (exact) mass is 325 g/mol. The van der Waals surface area contributed by atoms with Crippen LogP contribution in [0.2, 0.25) is 0 Å². The highest BCUT2D eigenvalue weighted by Crippen LogP contribution is 2.23. The van der Waals surface area contributed by atoms with E-state index < -0.39 is 0 Å². The highest BCUT2D eigenvalue weighted by atomic mass is 79.9. The van der Waals surface area contributed by atoms with Crippen molar-refractivity contribution in [1.82, 2.24) is 15.5 Å². The lowest BCUT2D eigenvalue weighted by atomic mass is 9.93. The van der Waals surface area contributed by atoms with E-state index in [-0.39, 0.29) is 0 Å². The van der Waals surface area contributed by atoms with Crippen molar-refractivity contribution in [2.75, 3.05) is 13.1 Å². The van der Waals surface area contributed by atoms with E-state index in [0.29, 0.717) is 22.1 Å². The van der Waals surface area contributed by atoms with Crippen molar-refractivity contribution in [2.45, 2.75) is 25.7 Å². The molecule has 0 radical (unpaired) electrons. The summed E-state index contributed by atoms with van der Waals surface area (Å²) in [6.45, 7) is 2.25. The number of aryl methyl sites for hydroxylation is 1. The van der Waals surface area contributed by atoms with Gasteiger partial charge in [-0.05, 0) is 66.3 Å². The number of hydrogen-bond acceptors (Lipinski definition) is 5. The summed E-state index contributed by atoms with van der Waals surface area (Å²) in [5.41, 5.74) is 0. The maximum atomic E-state index is 5.40. The minimum atomic E-state index is 0.519. The van der Waals surface area contributed by atoms with Gasteiger partial charge in [-0.2, -0.15) is 4.98 Å². The van der Waals surface area contributed by atoms with Crippen molar-refractivity contribution >= 4 is 15.9 Å². The Labute approximate surface area is 119 Å². The predicted octanol–water partition coefficient (Wildman–Crippen LogP) is 3.02. The molecule has 0 unspecified atom stereocenters. The third-order valence-electron chi connectivity index (χ3n) is 3.49. The molecule has 0 atom stereocenters. The molecule has 1 saturated heterocycles. The van der Waals surface area contributed by atoms with Crippen LogP contribution in [-0.2, 0) is 6.42 Å². The number of nitrogens with zero attached hydrogens (tertiary/aromatic N) is 2. The summed E-state index contributed by atoms with van der Waals surface area (Å²) in [5, 5.41) is 7.32. The van der Waals surface area contributed by atoms with E-state index in [0.717, 1.165) is 31.8 Å². The summed E-state index contributed by atoms with van der Waals surface area (Å²) in [7, 11) is 0. The highest BCUT2D eigenvalue weighted by molar-refractivity contribution is 9.10. The third-order valence-corrected chi connectivity index (χ3v) is 3.91. The molecule has 1 N–H and O–H groups in total. The van der Waals surface area contributed by atoms with Crippen LogP contribution in [0.25, 0.3) is 11.6 Å². The minimum absolute atomic E-state index is 0.519. The van der Waals surface area contributed by atoms with Gasteiger partial charge in [-0.3, -0.25) is 0 Å². The molecule has 2 aromatic heterocycles. The molecule has 0 aliphatic carbocycles. The molecular formula is C13H16BrN3O2. The van der Waals surface area contributed by atoms with Crippen LogP contribution < -0.4 is 5.32 Å². The number of furan rings is 1. The molecule has 19 heavy (non-hydrogen) atoms. The van der Waals surface area contributed by atoms with Gasteiger partial charge in [0.1, 0.15) is 0 Å². The molecule has 2 aromatic rings. The Morgan fingerprint density at radius 1 is 1.32 bits per heavy atom. The van der Waals surface area contributed by atoms with Gasteiger partial charge < -0.3 is 14.3 Å². The van der Waals surface area contributed by atoms with Crippen LogP contribution in [0.4, 0.5) is 0 Å². The van der Waals surface area contributed by atoms with E-state index in [1.165, 1.54) is 12.8 Å². The summed E-state index contributed by atoms with van der Waals surface area (Å²) in [5.74, 6) is 2.62. The molecule has 102 valence electrons. The first-order valence-corrected chi connectivity index (χ1v) is 7.39. The van der Waals surface area contributed by atoms with Crippen molar-refractivity contribution in [3.8, 4) is 11.6 Å². The van der Waals surface area contributed by atoms with Gasteiger partial charge in [-0.25, -0.2) is 0 Å². The lowest BCUT2D eigenvalue weighted by molar-refractivity contribution is 0.324. The van der Waals surface area contributed by atoms with Crippen LogP contribution in [0.1, 0.15) is 25.2 Å². The van der Waals surface area contributed by atoms with E-state index in [4.69, 9.17) is 8.94 Å². The molecule has 0 amide bonds. The van der Waals surface area contributed by atoms with E-state index in [2.05, 4.69) is 31.4 Å². The molecular weight excluding hydrogens is 310 g/mol. The van der Waals surface area contributed by atoms with Gasteiger partial charge in [-0.15, -0.1) is 0 Å². The maximum Gasteiger partial charge on any atom is 0.238 e. The number of rotatable bonds is 4. The third kappa shape index (κ3) is 3.25. The van der Waals surface area contributed by atoms with Gasteiger partial charge in [-0.1, -0.05) is 5.16 Å². The van der Waals surface area contributed by atoms with E-state index in [9.17, 15) is 0 Å². The fourth-order valence-corrected chi connectivity index (χ4v) is 2.70. The fraction of sp³-hybridized carbons (Fsp3) is 0.538. The minimum Gasteiger partial charge on any atom is -0.446 e. The number of aromatic nitrogens is 2. The van der Waals surface area contributed by atoms with Gasteiger partial charge in [0.25, 0.3) is 0 Å². The molecule has 1 aliphatic rings. The van der Waals surface area contributed by atoms with Gasteiger partial charge in [0, 0.05) is 6.42 Å². The first-order chi connectivity index (χ1) is 9.31. The van der Waals surface area contributed by atoms with Crippen molar-refractivity contribution < 1.29 is 8.94 Å². The standard InChI is InChI=1S/C13H16BrN3O2/c14-11-3-2-10(18-11)13-16-12(19-17-13)4-1-9-5-7-15-8-6-9/h2-3,9,15H,1,4-8H2. The summed E-state index contributed by atoms with van der Waals surface area (Å²) in [4.78, 5) is 4.37. The fourth-order valence-electron chi connectivity index (χ4n) is 2.39. The van der Waals surface area contributed by atoms with Gasteiger partial charge >= 0.3 is 0 Å². The Balaban J connectivity index is 1.58. The number of nitrogens with one attached hydrogen (secondary N) is 1. The second-order valence-corrected chi connectivity index (χ2v) is 5.63. The van der Waals surface area contributed by atoms with Crippen molar-refractivity contribution in [2.24, 2.45) is 5.92 Å². The van der Waals surface area contributed by atoms with E-state index in [1.54, 1.807) is 0 Å². The molecule has 5 nitrogen and oxygen atoms in total. The smallest absolute Gasteiger partial charge is 0.238 e. The molecule has 1 fully saturated rings. The SMILES string of the molecule is Brc1ccc(-c2noc(CCC3CCNCC3)n2)o1. The molecule has 6 heteroatoms. The van der Waals surface area contributed by atoms with Crippen LogP contribution in [-0.4, -0.2) is 23.2 Å². The summed E-state index contributed by atoms with van der Waals surface area (Å²) in [6, 6.07) is 3.64. The van der Waals surface area contributed by atoms with Gasteiger partial charge in [0.2, 0.25) is 11.7 Å². The van der Waals surface area contributed by atoms with Crippen LogP contribution in [0, 0.1) is 5.92 Å². The number of piperidine rings is 1. The maximum absolute atomic E-state index is 5.40. The number of halogens is 1. The van der Waals surface area contributed by atoms with Gasteiger partial charge in [0.15, 0.2) is 10.4 Å². The highest BCUT2D eigenvalue weighted by Gasteiger charge is 2.16. The van der Waals surface area contributed by atoms with Crippen molar-refractivity contribution in [1.29, 1.82) is 0 Å². The zero-order chi connectivity index (χ0) is 13.1. The van der Waals surface area contributed by atoms with E-state index >= 15 is 0 Å². The molecule has 0 bridgehead atoms. The first-order valence-electron chi connectivity index (χ1n) is 6.60. The molecule has 0 saturated carbocycles. The molecule has 1 aliphatic heterocycles. The molecule has 3 rings (SSSR count). The van der Waals surface area contributed by atoms with Gasteiger partial charge in [0.05, 0.1) is 0 Å². The Morgan fingerprint density at radius 2 is 2.16 bits per heavy atom. The lowest BCUT2D eigenvalue weighted by Crippen LogP contribution is -2.27. The Kier molecular flexibility index (Phi) is 3.98.